The van der Waals surface area contributed by atoms with Gasteiger partial charge in [0.1, 0.15) is 0 Å². The zero-order valence-corrected chi connectivity index (χ0v) is 12.4. The lowest BCUT2D eigenvalue weighted by Gasteiger charge is -2.19. The van der Waals surface area contributed by atoms with Crippen LogP contribution in [-0.2, 0) is 0 Å². The number of amides is 1. The highest BCUT2D eigenvalue weighted by Crippen LogP contribution is 2.28. The van der Waals surface area contributed by atoms with E-state index < -0.39 is 4.92 Å². The minimum absolute atomic E-state index is 0.0347. The molecule has 0 aromatic heterocycles. The summed E-state index contributed by atoms with van der Waals surface area (Å²) in [4.78, 5) is 23.0. The molecule has 1 aromatic rings. The predicted molar refractivity (Wildman–Crippen MR) is 78.1 cm³/mol. The Kier molecular flexibility index (Phi) is 5.97. The van der Waals surface area contributed by atoms with E-state index in [0.717, 1.165) is 0 Å². The van der Waals surface area contributed by atoms with Crippen molar-refractivity contribution in [3.8, 4) is 0 Å². The molecule has 0 radical (unpaired) electrons. The van der Waals surface area contributed by atoms with Gasteiger partial charge >= 0.3 is 0 Å². The van der Waals surface area contributed by atoms with Crippen molar-refractivity contribution in [3.05, 3.63) is 33.9 Å². The smallest absolute Gasteiger partial charge is 0.283 e. The molecule has 0 heterocycles. The molecule has 0 aliphatic rings. The second kappa shape index (κ2) is 7.25. The number of thioether (sulfide) groups is 1. The number of nitro groups is 1. The van der Waals surface area contributed by atoms with Crippen LogP contribution in [0.3, 0.4) is 0 Å². The number of hydrogen-bond donors (Lipinski definition) is 2. The summed E-state index contributed by atoms with van der Waals surface area (Å²) in [6.45, 7) is 3.56. The summed E-state index contributed by atoms with van der Waals surface area (Å²) in [6, 6.07) is 4.19. The maximum Gasteiger partial charge on any atom is 0.283 e. The number of carbonyl (C=O) groups is 1. The number of benzene rings is 1. The van der Waals surface area contributed by atoms with Crippen molar-refractivity contribution >= 4 is 23.4 Å². The highest BCUT2D eigenvalue weighted by Gasteiger charge is 2.19. The van der Waals surface area contributed by atoms with Gasteiger partial charge in [0.2, 0.25) is 0 Å². The number of aliphatic hydroxyl groups is 1. The van der Waals surface area contributed by atoms with Gasteiger partial charge in [-0.3, -0.25) is 14.9 Å². The van der Waals surface area contributed by atoms with Crippen molar-refractivity contribution in [3.63, 3.8) is 0 Å². The van der Waals surface area contributed by atoms with Gasteiger partial charge in [-0.05, 0) is 31.2 Å². The Morgan fingerprint density at radius 3 is 2.65 bits per heavy atom. The summed E-state index contributed by atoms with van der Waals surface area (Å²) in [5, 5.41) is 22.7. The van der Waals surface area contributed by atoms with Crippen molar-refractivity contribution in [1.82, 2.24) is 5.32 Å². The lowest BCUT2D eigenvalue weighted by atomic mass is 10.0. The summed E-state index contributed by atoms with van der Waals surface area (Å²) in [6.07, 6.45) is 1.74. The Morgan fingerprint density at radius 1 is 1.50 bits per heavy atom. The molecule has 0 bridgehead atoms. The lowest BCUT2D eigenvalue weighted by molar-refractivity contribution is -0.387. The molecule has 0 saturated heterocycles. The number of nitrogens with one attached hydrogen (secondary N) is 1. The largest absolute Gasteiger partial charge is 0.396 e. The molecule has 7 heteroatoms. The maximum absolute atomic E-state index is 12.0. The van der Waals surface area contributed by atoms with Gasteiger partial charge in [-0.25, -0.2) is 0 Å². The highest BCUT2D eigenvalue weighted by atomic mass is 32.2. The van der Waals surface area contributed by atoms with E-state index in [1.807, 2.05) is 6.92 Å². The Morgan fingerprint density at radius 2 is 2.15 bits per heavy atom. The monoisotopic (exact) mass is 298 g/mol. The van der Waals surface area contributed by atoms with Gasteiger partial charge in [-0.15, -0.1) is 11.8 Å². The molecule has 0 fully saturated rings. The van der Waals surface area contributed by atoms with Crippen LogP contribution < -0.4 is 5.32 Å². The lowest BCUT2D eigenvalue weighted by Crippen LogP contribution is -2.38. The number of carbonyl (C=O) groups excluding carboxylic acids is 1. The van der Waals surface area contributed by atoms with Crippen LogP contribution in [0.5, 0.6) is 0 Å². The van der Waals surface area contributed by atoms with Gasteiger partial charge in [0.15, 0.2) is 0 Å². The topological polar surface area (TPSA) is 92.5 Å². The molecule has 2 unspecified atom stereocenters. The summed E-state index contributed by atoms with van der Waals surface area (Å²) in [7, 11) is 0. The van der Waals surface area contributed by atoms with Gasteiger partial charge in [0.05, 0.1) is 9.82 Å². The average molecular weight is 298 g/mol. The van der Waals surface area contributed by atoms with E-state index in [9.17, 15) is 14.9 Å². The Hall–Kier alpha value is -1.60. The molecule has 2 N–H and O–H groups in total. The fraction of sp³-hybridized carbons (Fsp3) is 0.462. The first-order valence-corrected chi connectivity index (χ1v) is 7.37. The van der Waals surface area contributed by atoms with E-state index in [-0.39, 0.29) is 35.7 Å². The van der Waals surface area contributed by atoms with Crippen LogP contribution in [0, 0.1) is 16.0 Å². The fourth-order valence-corrected chi connectivity index (χ4v) is 2.11. The second-order valence-corrected chi connectivity index (χ2v) is 5.41. The Balaban J connectivity index is 2.94. The van der Waals surface area contributed by atoms with Gasteiger partial charge in [-0.2, -0.15) is 0 Å². The van der Waals surface area contributed by atoms with E-state index in [1.54, 1.807) is 25.3 Å². The summed E-state index contributed by atoms with van der Waals surface area (Å²) in [5.74, 6) is -0.465. The normalized spacial score (nSPS) is 13.6. The fourth-order valence-electron chi connectivity index (χ4n) is 1.56. The predicted octanol–water partition coefficient (Wildman–Crippen LogP) is 2.06. The summed E-state index contributed by atoms with van der Waals surface area (Å²) in [5.41, 5.74) is 0.166. The molecule has 1 aromatic carbocycles. The Bertz CT molecular complexity index is 507. The van der Waals surface area contributed by atoms with Crippen molar-refractivity contribution in [2.75, 3.05) is 12.9 Å². The molecule has 1 rings (SSSR count). The van der Waals surface area contributed by atoms with E-state index in [0.29, 0.717) is 4.90 Å². The van der Waals surface area contributed by atoms with Crippen LogP contribution in [0.25, 0.3) is 0 Å². The third kappa shape index (κ3) is 3.94. The first-order chi connectivity index (χ1) is 9.40. The van der Waals surface area contributed by atoms with E-state index in [4.69, 9.17) is 5.11 Å². The molecular formula is C13H18N2O4S. The Labute approximate surface area is 121 Å². The van der Waals surface area contributed by atoms with Crippen LogP contribution in [0.15, 0.2) is 23.1 Å². The van der Waals surface area contributed by atoms with E-state index in [1.165, 1.54) is 17.8 Å². The molecule has 2 atom stereocenters. The standard InChI is InChI=1S/C13H18N2O4S/c1-8(7-16)9(2)14-13(17)10-4-5-12(20-3)11(6-10)15(18)19/h4-6,8-9,16H,7H2,1-3H3,(H,14,17). The highest BCUT2D eigenvalue weighted by molar-refractivity contribution is 7.98. The van der Waals surface area contributed by atoms with Crippen LogP contribution in [0.1, 0.15) is 24.2 Å². The van der Waals surface area contributed by atoms with Crippen molar-refractivity contribution in [2.24, 2.45) is 5.92 Å². The quantitative estimate of drug-likeness (QED) is 0.476. The molecule has 6 nitrogen and oxygen atoms in total. The minimum atomic E-state index is -0.498. The molecule has 1 amide bonds. The van der Waals surface area contributed by atoms with Gasteiger partial charge in [0.25, 0.3) is 11.6 Å². The average Bonchev–Trinajstić information content (AvgIpc) is 2.45. The first kappa shape index (κ1) is 16.5. The van der Waals surface area contributed by atoms with Crippen LogP contribution >= 0.6 is 11.8 Å². The molecule has 0 aliphatic carbocycles. The molecule has 0 aliphatic heterocycles. The number of aliphatic hydroxyl groups excluding tert-OH is 1. The number of rotatable bonds is 6. The van der Waals surface area contributed by atoms with Crippen LogP contribution in [-0.4, -0.2) is 34.8 Å². The van der Waals surface area contributed by atoms with E-state index >= 15 is 0 Å². The van der Waals surface area contributed by atoms with Gasteiger partial charge in [-0.1, -0.05) is 6.92 Å². The molecule has 20 heavy (non-hydrogen) atoms. The van der Waals surface area contributed by atoms with E-state index in [2.05, 4.69) is 5.32 Å². The van der Waals surface area contributed by atoms with Gasteiger partial charge in [0, 0.05) is 24.3 Å². The second-order valence-electron chi connectivity index (χ2n) is 4.57. The zero-order chi connectivity index (χ0) is 15.3. The SMILES string of the molecule is CSc1ccc(C(=O)NC(C)C(C)CO)cc1[N+](=O)[O-]. The first-order valence-electron chi connectivity index (χ1n) is 6.14. The molecular weight excluding hydrogens is 280 g/mol. The third-order valence-corrected chi connectivity index (χ3v) is 3.92. The number of nitrogens with zero attached hydrogens (tertiary/aromatic N) is 1. The van der Waals surface area contributed by atoms with Gasteiger partial charge < -0.3 is 10.4 Å². The van der Waals surface area contributed by atoms with Crippen molar-refractivity contribution in [1.29, 1.82) is 0 Å². The van der Waals surface area contributed by atoms with Crippen molar-refractivity contribution in [2.45, 2.75) is 24.8 Å². The number of hydrogen-bond acceptors (Lipinski definition) is 5. The third-order valence-electron chi connectivity index (χ3n) is 3.14. The molecule has 0 saturated carbocycles. The molecule has 0 spiro atoms. The maximum atomic E-state index is 12.0. The minimum Gasteiger partial charge on any atom is -0.396 e. The van der Waals surface area contributed by atoms with Crippen molar-refractivity contribution < 1.29 is 14.8 Å². The summed E-state index contributed by atoms with van der Waals surface area (Å²) < 4.78 is 0. The number of nitro benzene ring substituents is 1. The van der Waals surface area contributed by atoms with Crippen LogP contribution in [0.4, 0.5) is 5.69 Å². The zero-order valence-electron chi connectivity index (χ0n) is 11.6. The molecule has 110 valence electrons. The summed E-state index contributed by atoms with van der Waals surface area (Å²) >= 11 is 1.26. The van der Waals surface area contributed by atoms with Crippen LogP contribution in [0.2, 0.25) is 0 Å².